The van der Waals surface area contributed by atoms with Crippen LogP contribution in [-0.2, 0) is 11.2 Å². The van der Waals surface area contributed by atoms with Crippen molar-refractivity contribution in [3.05, 3.63) is 47.9 Å². The molecule has 1 aromatic heterocycles. The third kappa shape index (κ3) is 4.41. The van der Waals surface area contributed by atoms with E-state index in [0.717, 1.165) is 17.9 Å². The molecule has 0 spiro atoms. The Morgan fingerprint density at radius 2 is 2.17 bits per heavy atom. The van der Waals surface area contributed by atoms with Gasteiger partial charge in [-0.15, -0.1) is 24.8 Å². The molecule has 2 aromatic rings. The van der Waals surface area contributed by atoms with Crippen molar-refractivity contribution in [1.82, 2.24) is 15.4 Å². The monoisotopic (exact) mass is 373 g/mol. The molecule has 0 radical (unpaired) electrons. The number of hydrogen-bond donors (Lipinski definition) is 1. The number of benzene rings is 1. The maximum atomic E-state index is 12.6. The van der Waals surface area contributed by atoms with Crippen molar-refractivity contribution in [2.24, 2.45) is 0 Å². The molecule has 1 atom stereocenters. The van der Waals surface area contributed by atoms with Crippen LogP contribution >= 0.6 is 24.8 Å². The van der Waals surface area contributed by atoms with E-state index >= 15 is 0 Å². The van der Waals surface area contributed by atoms with E-state index in [1.807, 2.05) is 29.2 Å². The molecule has 1 unspecified atom stereocenters. The molecule has 6 nitrogen and oxygen atoms in total. The highest BCUT2D eigenvalue weighted by atomic mass is 35.5. The molecule has 2 heterocycles. The number of amides is 1. The summed E-state index contributed by atoms with van der Waals surface area (Å²) < 4.78 is 10.2. The van der Waals surface area contributed by atoms with Crippen molar-refractivity contribution in [3.8, 4) is 5.75 Å². The Labute approximate surface area is 153 Å². The number of carbonyl (C=O) groups is 1. The lowest BCUT2D eigenvalue weighted by Crippen LogP contribution is -2.49. The molecule has 1 aliphatic rings. The number of carbonyl (C=O) groups excluding carboxylic acids is 1. The Kier molecular flexibility index (Phi) is 8.04. The first kappa shape index (κ1) is 20.3. The minimum absolute atomic E-state index is 0. The highest BCUT2D eigenvalue weighted by Crippen LogP contribution is 2.30. The molecule has 0 bridgehead atoms. The van der Waals surface area contributed by atoms with Gasteiger partial charge >= 0.3 is 0 Å². The standard InChI is InChI=1S/C16H19N3O3.2ClH/c1-21-15-5-3-2-4-13(15)14-11-17-7-8-19(14)16(20)10-12-6-9-22-18-12;;/h2-6,9,14,17H,7-8,10-11H2,1H3;2*1H. The summed E-state index contributed by atoms with van der Waals surface area (Å²) in [5.74, 6) is 0.849. The summed E-state index contributed by atoms with van der Waals surface area (Å²) in [5, 5.41) is 7.16. The number of methoxy groups -OCH3 is 1. The maximum absolute atomic E-state index is 12.6. The third-order valence-electron chi connectivity index (χ3n) is 3.89. The van der Waals surface area contributed by atoms with Gasteiger partial charge in [0.1, 0.15) is 12.0 Å². The van der Waals surface area contributed by atoms with Gasteiger partial charge in [0.2, 0.25) is 5.91 Å². The first-order valence-corrected chi connectivity index (χ1v) is 7.32. The van der Waals surface area contributed by atoms with E-state index in [1.165, 1.54) is 6.26 Å². The van der Waals surface area contributed by atoms with Gasteiger partial charge in [-0.2, -0.15) is 0 Å². The van der Waals surface area contributed by atoms with Crippen molar-refractivity contribution in [1.29, 1.82) is 0 Å². The summed E-state index contributed by atoms with van der Waals surface area (Å²) in [5.41, 5.74) is 1.67. The van der Waals surface area contributed by atoms with E-state index in [-0.39, 0.29) is 43.2 Å². The van der Waals surface area contributed by atoms with Crippen LogP contribution in [0.4, 0.5) is 0 Å². The summed E-state index contributed by atoms with van der Waals surface area (Å²) in [6.45, 7) is 2.17. The lowest BCUT2D eigenvalue weighted by molar-refractivity contribution is -0.133. The molecule has 1 saturated heterocycles. The molecule has 1 amide bonds. The fourth-order valence-corrected chi connectivity index (χ4v) is 2.81. The Hall–Kier alpha value is -1.76. The number of hydrogen-bond acceptors (Lipinski definition) is 5. The molecule has 1 fully saturated rings. The smallest absolute Gasteiger partial charge is 0.229 e. The number of rotatable bonds is 4. The largest absolute Gasteiger partial charge is 0.496 e. The number of aromatic nitrogens is 1. The second-order valence-electron chi connectivity index (χ2n) is 5.22. The molecule has 24 heavy (non-hydrogen) atoms. The average Bonchev–Trinajstić information content (AvgIpc) is 3.07. The van der Waals surface area contributed by atoms with Crippen LogP contribution in [0.25, 0.3) is 0 Å². The van der Waals surface area contributed by atoms with Crippen LogP contribution in [0.2, 0.25) is 0 Å². The van der Waals surface area contributed by atoms with E-state index in [0.29, 0.717) is 18.8 Å². The Bertz CT molecular complexity index is 637. The van der Waals surface area contributed by atoms with Crippen LogP contribution in [0.3, 0.4) is 0 Å². The lowest BCUT2D eigenvalue weighted by Gasteiger charge is -2.37. The first-order valence-electron chi connectivity index (χ1n) is 7.32. The first-order chi connectivity index (χ1) is 10.8. The van der Waals surface area contributed by atoms with Crippen molar-refractivity contribution >= 4 is 30.7 Å². The zero-order valence-corrected chi connectivity index (χ0v) is 14.9. The Balaban J connectivity index is 0.00000144. The molecular weight excluding hydrogens is 353 g/mol. The van der Waals surface area contributed by atoms with Gasteiger partial charge in [-0.3, -0.25) is 4.79 Å². The molecular formula is C16H21Cl2N3O3. The topological polar surface area (TPSA) is 67.6 Å². The zero-order valence-electron chi connectivity index (χ0n) is 13.3. The van der Waals surface area contributed by atoms with Crippen LogP contribution < -0.4 is 10.1 Å². The van der Waals surface area contributed by atoms with E-state index in [2.05, 4.69) is 10.5 Å². The SMILES string of the molecule is COc1ccccc1C1CNCCN1C(=O)Cc1ccon1.Cl.Cl. The molecule has 132 valence electrons. The van der Waals surface area contributed by atoms with Gasteiger partial charge in [-0.1, -0.05) is 23.4 Å². The van der Waals surface area contributed by atoms with E-state index in [4.69, 9.17) is 9.26 Å². The van der Waals surface area contributed by atoms with E-state index < -0.39 is 0 Å². The van der Waals surface area contributed by atoms with E-state index in [1.54, 1.807) is 13.2 Å². The predicted octanol–water partition coefficient (Wildman–Crippen LogP) is 2.24. The minimum atomic E-state index is -0.0377. The second kappa shape index (κ2) is 9.52. The highest BCUT2D eigenvalue weighted by molar-refractivity contribution is 5.85. The van der Waals surface area contributed by atoms with Gasteiger partial charge in [-0.25, -0.2) is 0 Å². The summed E-state index contributed by atoms with van der Waals surface area (Å²) in [4.78, 5) is 14.5. The summed E-state index contributed by atoms with van der Waals surface area (Å²) in [6, 6.07) is 9.51. The fraction of sp³-hybridized carbons (Fsp3) is 0.375. The van der Waals surface area contributed by atoms with Crippen LogP contribution in [-0.4, -0.2) is 42.7 Å². The number of para-hydroxylation sites is 1. The predicted molar refractivity (Wildman–Crippen MR) is 95.0 cm³/mol. The van der Waals surface area contributed by atoms with Crippen LogP contribution in [0.1, 0.15) is 17.3 Å². The van der Waals surface area contributed by atoms with Crippen LogP contribution in [0.15, 0.2) is 41.1 Å². The molecule has 0 aliphatic carbocycles. The van der Waals surface area contributed by atoms with Gasteiger partial charge in [0, 0.05) is 31.3 Å². The second-order valence-corrected chi connectivity index (χ2v) is 5.22. The Morgan fingerprint density at radius 3 is 2.88 bits per heavy atom. The maximum Gasteiger partial charge on any atom is 0.229 e. The molecule has 1 N–H and O–H groups in total. The van der Waals surface area contributed by atoms with Gasteiger partial charge in [-0.05, 0) is 6.07 Å². The van der Waals surface area contributed by atoms with E-state index in [9.17, 15) is 4.79 Å². The quantitative estimate of drug-likeness (QED) is 0.889. The number of nitrogens with one attached hydrogen (secondary N) is 1. The number of ether oxygens (including phenoxy) is 1. The van der Waals surface area contributed by atoms with Gasteiger partial charge in [0.05, 0.1) is 25.3 Å². The van der Waals surface area contributed by atoms with Crippen molar-refractivity contribution in [2.45, 2.75) is 12.5 Å². The van der Waals surface area contributed by atoms with Gasteiger partial charge < -0.3 is 19.5 Å². The van der Waals surface area contributed by atoms with Crippen LogP contribution in [0, 0.1) is 0 Å². The minimum Gasteiger partial charge on any atom is -0.496 e. The number of piperazine rings is 1. The highest BCUT2D eigenvalue weighted by Gasteiger charge is 2.29. The summed E-state index contributed by atoms with van der Waals surface area (Å²) in [7, 11) is 1.65. The average molecular weight is 374 g/mol. The van der Waals surface area contributed by atoms with Gasteiger partial charge in [0.15, 0.2) is 0 Å². The molecule has 8 heteroatoms. The molecule has 0 saturated carbocycles. The lowest BCUT2D eigenvalue weighted by atomic mass is 10.0. The van der Waals surface area contributed by atoms with Crippen molar-refractivity contribution < 1.29 is 14.1 Å². The van der Waals surface area contributed by atoms with Crippen LogP contribution in [0.5, 0.6) is 5.75 Å². The Morgan fingerprint density at radius 1 is 1.38 bits per heavy atom. The third-order valence-corrected chi connectivity index (χ3v) is 3.89. The zero-order chi connectivity index (χ0) is 15.4. The molecule has 1 aliphatic heterocycles. The number of nitrogens with zero attached hydrogens (tertiary/aromatic N) is 2. The normalized spacial score (nSPS) is 16.7. The van der Waals surface area contributed by atoms with Crippen molar-refractivity contribution in [3.63, 3.8) is 0 Å². The van der Waals surface area contributed by atoms with Crippen molar-refractivity contribution in [2.75, 3.05) is 26.7 Å². The molecule has 3 rings (SSSR count). The fourth-order valence-electron chi connectivity index (χ4n) is 2.81. The summed E-state index contributed by atoms with van der Waals surface area (Å²) >= 11 is 0. The molecule has 1 aromatic carbocycles. The summed E-state index contributed by atoms with van der Waals surface area (Å²) in [6.07, 6.45) is 1.74. The van der Waals surface area contributed by atoms with Gasteiger partial charge in [0.25, 0.3) is 0 Å². The number of halogens is 2.